The second-order valence-corrected chi connectivity index (χ2v) is 5.36. The molecular formula is C14H16ClNO4. The Hall–Kier alpha value is -1.59. The number of carboxylic acid groups (broad SMARTS) is 1. The first-order valence-corrected chi connectivity index (χ1v) is 6.74. The molecule has 1 aliphatic rings. The molecule has 20 heavy (non-hydrogen) atoms. The van der Waals surface area contributed by atoms with Crippen LogP contribution in [-0.2, 0) is 14.3 Å². The minimum absolute atomic E-state index is 0.303. The van der Waals surface area contributed by atoms with Gasteiger partial charge in [-0.05, 0) is 25.8 Å². The number of halogens is 1. The van der Waals surface area contributed by atoms with Gasteiger partial charge < -0.3 is 15.2 Å². The third-order valence-electron chi connectivity index (χ3n) is 3.44. The molecule has 0 saturated carbocycles. The molecule has 0 spiro atoms. The third kappa shape index (κ3) is 2.94. The van der Waals surface area contributed by atoms with Gasteiger partial charge in [0, 0.05) is 17.2 Å². The molecule has 1 fully saturated rings. The summed E-state index contributed by atoms with van der Waals surface area (Å²) in [6.07, 6.45) is 1.36. The summed E-state index contributed by atoms with van der Waals surface area (Å²) in [5.41, 5.74) is -0.605. The van der Waals surface area contributed by atoms with Gasteiger partial charge >= 0.3 is 5.97 Å². The molecule has 0 bridgehead atoms. The highest BCUT2D eigenvalue weighted by Gasteiger charge is 2.40. The van der Waals surface area contributed by atoms with E-state index in [1.54, 1.807) is 31.2 Å². The predicted octanol–water partition coefficient (Wildman–Crippen LogP) is 2.15. The van der Waals surface area contributed by atoms with Gasteiger partial charge in [0.05, 0.1) is 0 Å². The van der Waals surface area contributed by atoms with E-state index in [0.717, 1.165) is 6.42 Å². The molecule has 2 N–H and O–H groups in total. The number of carbonyl (C=O) groups excluding carboxylic acids is 1. The molecule has 108 valence electrons. The first-order valence-electron chi connectivity index (χ1n) is 6.36. The van der Waals surface area contributed by atoms with Crippen LogP contribution in [0.25, 0.3) is 0 Å². The summed E-state index contributed by atoms with van der Waals surface area (Å²) < 4.78 is 5.41. The van der Waals surface area contributed by atoms with E-state index in [2.05, 4.69) is 5.32 Å². The lowest BCUT2D eigenvalue weighted by atomic mass is 10.00. The van der Waals surface area contributed by atoms with E-state index in [0.29, 0.717) is 23.6 Å². The average molecular weight is 298 g/mol. The summed E-state index contributed by atoms with van der Waals surface area (Å²) >= 11 is 5.99. The van der Waals surface area contributed by atoms with Crippen molar-refractivity contribution in [3.63, 3.8) is 0 Å². The molecule has 6 heteroatoms. The maximum atomic E-state index is 12.2. The van der Waals surface area contributed by atoms with Gasteiger partial charge in [0.15, 0.2) is 6.04 Å². The van der Waals surface area contributed by atoms with Crippen molar-refractivity contribution in [2.24, 2.45) is 0 Å². The second kappa shape index (κ2) is 5.81. The van der Waals surface area contributed by atoms with E-state index in [1.165, 1.54) is 0 Å². The zero-order valence-corrected chi connectivity index (χ0v) is 11.8. The molecule has 0 aliphatic carbocycles. The SMILES string of the molecule is CC1(C(=O)N[C@@H](C(=O)O)c2ccccc2Cl)CCCO1. The van der Waals surface area contributed by atoms with Crippen molar-refractivity contribution in [3.05, 3.63) is 34.9 Å². The molecule has 1 unspecified atom stereocenters. The number of ether oxygens (including phenoxy) is 1. The normalized spacial score (nSPS) is 23.3. The van der Waals surface area contributed by atoms with Crippen LogP contribution in [-0.4, -0.2) is 29.2 Å². The topological polar surface area (TPSA) is 75.6 Å². The van der Waals surface area contributed by atoms with Gasteiger partial charge in [-0.15, -0.1) is 0 Å². The monoisotopic (exact) mass is 297 g/mol. The first kappa shape index (κ1) is 14.8. The molecule has 1 aromatic rings. The summed E-state index contributed by atoms with van der Waals surface area (Å²) in [7, 11) is 0. The van der Waals surface area contributed by atoms with Crippen LogP contribution in [0.15, 0.2) is 24.3 Å². The van der Waals surface area contributed by atoms with Gasteiger partial charge in [0.1, 0.15) is 5.60 Å². The first-order chi connectivity index (χ1) is 9.44. The molecule has 1 aromatic carbocycles. The Morgan fingerprint density at radius 3 is 2.70 bits per heavy atom. The standard InChI is InChI=1S/C14H16ClNO4/c1-14(7-4-8-20-14)13(19)16-11(12(17)18)9-5-2-3-6-10(9)15/h2-3,5-6,11H,4,7-8H2,1H3,(H,16,19)(H,17,18)/t11-,14?/m1/s1. The van der Waals surface area contributed by atoms with Crippen molar-refractivity contribution < 1.29 is 19.4 Å². The van der Waals surface area contributed by atoms with Crippen LogP contribution in [0.4, 0.5) is 0 Å². The molecule has 1 aliphatic heterocycles. The van der Waals surface area contributed by atoms with E-state index in [1.807, 2.05) is 0 Å². The van der Waals surface area contributed by atoms with Crippen LogP contribution in [0.5, 0.6) is 0 Å². The van der Waals surface area contributed by atoms with E-state index in [9.17, 15) is 14.7 Å². The van der Waals surface area contributed by atoms with E-state index < -0.39 is 23.5 Å². The van der Waals surface area contributed by atoms with E-state index in [-0.39, 0.29) is 0 Å². The predicted molar refractivity (Wildman–Crippen MR) is 73.6 cm³/mol. The zero-order valence-electron chi connectivity index (χ0n) is 11.1. The summed E-state index contributed by atoms with van der Waals surface area (Å²) in [6, 6.07) is 5.37. The molecule has 2 rings (SSSR count). The smallest absolute Gasteiger partial charge is 0.330 e. The number of benzene rings is 1. The molecule has 0 aromatic heterocycles. The lowest BCUT2D eigenvalue weighted by molar-refractivity contribution is -0.147. The molecular weight excluding hydrogens is 282 g/mol. The molecule has 2 atom stereocenters. The van der Waals surface area contributed by atoms with Crippen molar-refractivity contribution >= 4 is 23.5 Å². The van der Waals surface area contributed by atoms with E-state index >= 15 is 0 Å². The van der Waals surface area contributed by atoms with Crippen LogP contribution in [0.2, 0.25) is 5.02 Å². The highest BCUT2D eigenvalue weighted by Crippen LogP contribution is 2.28. The maximum Gasteiger partial charge on any atom is 0.330 e. The fourth-order valence-electron chi connectivity index (χ4n) is 2.22. The number of carbonyl (C=O) groups is 2. The van der Waals surface area contributed by atoms with Crippen molar-refractivity contribution in [3.8, 4) is 0 Å². The zero-order chi connectivity index (χ0) is 14.8. The number of rotatable bonds is 4. The van der Waals surface area contributed by atoms with Crippen LogP contribution in [0, 0.1) is 0 Å². The third-order valence-corrected chi connectivity index (χ3v) is 3.78. The van der Waals surface area contributed by atoms with Crippen LogP contribution >= 0.6 is 11.6 Å². The Kier molecular flexibility index (Phi) is 4.30. The van der Waals surface area contributed by atoms with Crippen molar-refractivity contribution in [1.29, 1.82) is 0 Å². The summed E-state index contributed by atoms with van der Waals surface area (Å²) in [5.74, 6) is -1.59. The number of aliphatic carboxylic acids is 1. The molecule has 0 radical (unpaired) electrons. The van der Waals surface area contributed by atoms with Gasteiger partial charge in [0.25, 0.3) is 5.91 Å². The number of hydrogen-bond donors (Lipinski definition) is 2. The highest BCUT2D eigenvalue weighted by atomic mass is 35.5. The highest BCUT2D eigenvalue weighted by molar-refractivity contribution is 6.31. The Balaban J connectivity index is 2.21. The van der Waals surface area contributed by atoms with Gasteiger partial charge in [-0.2, -0.15) is 0 Å². The lowest BCUT2D eigenvalue weighted by Gasteiger charge is -2.25. The van der Waals surface area contributed by atoms with Crippen LogP contribution in [0.3, 0.4) is 0 Å². The second-order valence-electron chi connectivity index (χ2n) is 4.95. The summed E-state index contributed by atoms with van der Waals surface area (Å²) in [6.45, 7) is 2.18. The van der Waals surface area contributed by atoms with Gasteiger partial charge in [-0.3, -0.25) is 4.79 Å². The van der Waals surface area contributed by atoms with Gasteiger partial charge in [-0.1, -0.05) is 29.8 Å². The maximum absolute atomic E-state index is 12.2. The Bertz CT molecular complexity index is 526. The largest absolute Gasteiger partial charge is 0.479 e. The number of hydrogen-bond acceptors (Lipinski definition) is 3. The quantitative estimate of drug-likeness (QED) is 0.893. The van der Waals surface area contributed by atoms with Crippen molar-refractivity contribution in [2.45, 2.75) is 31.4 Å². The minimum Gasteiger partial charge on any atom is -0.479 e. The van der Waals surface area contributed by atoms with E-state index in [4.69, 9.17) is 16.3 Å². The van der Waals surface area contributed by atoms with Crippen molar-refractivity contribution in [1.82, 2.24) is 5.32 Å². The average Bonchev–Trinajstić information content (AvgIpc) is 2.85. The lowest BCUT2D eigenvalue weighted by Crippen LogP contribution is -2.47. The molecule has 1 saturated heterocycles. The minimum atomic E-state index is -1.18. The van der Waals surface area contributed by atoms with Gasteiger partial charge in [-0.25, -0.2) is 4.79 Å². The van der Waals surface area contributed by atoms with Crippen LogP contribution < -0.4 is 5.32 Å². The Morgan fingerprint density at radius 2 is 2.15 bits per heavy atom. The van der Waals surface area contributed by atoms with Gasteiger partial charge in [0.2, 0.25) is 0 Å². The number of nitrogens with one attached hydrogen (secondary N) is 1. The number of amides is 1. The Labute approximate surface area is 121 Å². The van der Waals surface area contributed by atoms with Crippen molar-refractivity contribution in [2.75, 3.05) is 6.61 Å². The number of carboxylic acids is 1. The molecule has 1 amide bonds. The molecule has 5 nitrogen and oxygen atoms in total. The fourth-order valence-corrected chi connectivity index (χ4v) is 2.47. The van der Waals surface area contributed by atoms with Crippen LogP contribution in [0.1, 0.15) is 31.4 Å². The molecule has 1 heterocycles. The summed E-state index contributed by atoms with van der Waals surface area (Å²) in [5, 5.41) is 12.1. The fraction of sp³-hybridized carbons (Fsp3) is 0.429. The summed E-state index contributed by atoms with van der Waals surface area (Å²) in [4.78, 5) is 23.6. The Morgan fingerprint density at radius 1 is 1.45 bits per heavy atom.